The van der Waals surface area contributed by atoms with Crippen molar-refractivity contribution >= 4 is 32.0 Å². The van der Waals surface area contributed by atoms with Gasteiger partial charge < -0.3 is 4.90 Å². The quantitative estimate of drug-likeness (QED) is 0.693. The third-order valence-corrected chi connectivity index (χ3v) is 6.78. The van der Waals surface area contributed by atoms with E-state index in [1.807, 2.05) is 37.3 Å². The number of alkyl halides is 1. The smallest absolute Gasteiger partial charge is 0.317 e. The first-order valence-electron chi connectivity index (χ1n) is 7.93. The fourth-order valence-corrected chi connectivity index (χ4v) is 5.12. The van der Waals surface area contributed by atoms with Crippen LogP contribution in [0.5, 0.6) is 0 Å². The lowest BCUT2D eigenvalue weighted by Crippen LogP contribution is -2.40. The second kappa shape index (κ2) is 7.17. The normalized spacial score (nSPS) is 18.0. The Labute approximate surface area is 156 Å². The monoisotopic (exact) mass is 422 g/mol. The first kappa shape index (κ1) is 17.9. The Kier molecular flexibility index (Phi) is 5.15. The van der Waals surface area contributed by atoms with E-state index in [-0.39, 0.29) is 4.90 Å². The fraction of sp³-hybridized carbons (Fsp3) is 0.278. The first-order valence-corrected chi connectivity index (χ1v) is 10.5. The second-order valence-electron chi connectivity index (χ2n) is 6.07. The van der Waals surface area contributed by atoms with Gasteiger partial charge >= 0.3 is 6.03 Å². The number of halogens is 1. The van der Waals surface area contributed by atoms with Crippen molar-refractivity contribution in [2.75, 3.05) is 11.9 Å². The summed E-state index contributed by atoms with van der Waals surface area (Å²) in [6.07, 6.45) is 0. The molecule has 132 valence electrons. The van der Waals surface area contributed by atoms with Gasteiger partial charge in [-0.3, -0.25) is 0 Å². The van der Waals surface area contributed by atoms with Crippen molar-refractivity contribution in [2.45, 2.75) is 24.4 Å². The molecule has 0 saturated carbocycles. The van der Waals surface area contributed by atoms with Crippen molar-refractivity contribution in [1.29, 1.82) is 0 Å². The molecule has 0 radical (unpaired) electrons. The molecule has 2 aromatic carbocycles. The Bertz CT molecular complexity index is 854. The van der Waals surface area contributed by atoms with E-state index in [0.29, 0.717) is 18.4 Å². The van der Waals surface area contributed by atoms with E-state index in [4.69, 9.17) is 0 Å². The Hall–Kier alpha value is -1.86. The zero-order chi connectivity index (χ0) is 18.0. The predicted octanol–water partition coefficient (Wildman–Crippen LogP) is 3.39. The van der Waals surface area contributed by atoms with Crippen LogP contribution in [0, 0.1) is 6.92 Å². The highest BCUT2D eigenvalue weighted by Gasteiger charge is 2.44. The number of hydrogen-bond donors (Lipinski definition) is 0. The van der Waals surface area contributed by atoms with Crippen LogP contribution in [0.25, 0.3) is 0 Å². The number of sulfonamides is 1. The molecule has 1 aliphatic rings. The third-order valence-electron chi connectivity index (χ3n) is 4.19. The Morgan fingerprint density at radius 1 is 1.08 bits per heavy atom. The van der Waals surface area contributed by atoms with E-state index in [2.05, 4.69) is 15.9 Å². The summed E-state index contributed by atoms with van der Waals surface area (Å²) in [4.78, 5) is 14.5. The van der Waals surface area contributed by atoms with Gasteiger partial charge in [-0.15, -0.1) is 0 Å². The summed E-state index contributed by atoms with van der Waals surface area (Å²) in [5, 5.41) is 0.398. The molecule has 1 heterocycles. The molecule has 0 spiro atoms. The van der Waals surface area contributed by atoms with Crippen LogP contribution >= 0.6 is 15.9 Å². The molecule has 0 N–H and O–H groups in total. The minimum absolute atomic E-state index is 0.138. The average Bonchev–Trinajstić information content (AvgIpc) is 2.92. The van der Waals surface area contributed by atoms with E-state index in [9.17, 15) is 13.2 Å². The Morgan fingerprint density at radius 3 is 2.32 bits per heavy atom. The molecule has 3 rings (SSSR count). The van der Waals surface area contributed by atoms with Crippen molar-refractivity contribution < 1.29 is 13.2 Å². The van der Waals surface area contributed by atoms with Crippen molar-refractivity contribution in [2.24, 2.45) is 0 Å². The lowest BCUT2D eigenvalue weighted by molar-refractivity contribution is 0.204. The number of benzene rings is 2. The van der Waals surface area contributed by atoms with Gasteiger partial charge in [0, 0.05) is 18.4 Å². The summed E-state index contributed by atoms with van der Waals surface area (Å²) >= 11 is 3.35. The van der Waals surface area contributed by atoms with Gasteiger partial charge in [-0.05, 0) is 24.6 Å². The Balaban J connectivity index is 1.89. The molecule has 25 heavy (non-hydrogen) atoms. The van der Waals surface area contributed by atoms with Gasteiger partial charge in [0.1, 0.15) is 0 Å². The number of urea groups is 1. The molecular formula is C18H19BrN2O3S. The highest BCUT2D eigenvalue weighted by molar-refractivity contribution is 9.09. The maximum Gasteiger partial charge on any atom is 0.334 e. The average molecular weight is 423 g/mol. The lowest BCUT2D eigenvalue weighted by atomic mass is 10.2. The molecule has 1 fully saturated rings. The number of hydrogen-bond acceptors (Lipinski definition) is 3. The maximum atomic E-state index is 13.0. The number of aryl methyl sites for hydroxylation is 1. The van der Waals surface area contributed by atoms with Crippen LogP contribution in [0.1, 0.15) is 11.1 Å². The molecular weight excluding hydrogens is 404 g/mol. The highest BCUT2D eigenvalue weighted by atomic mass is 79.9. The largest absolute Gasteiger partial charge is 0.334 e. The van der Waals surface area contributed by atoms with Gasteiger partial charge in [-0.25, -0.2) is 17.5 Å². The van der Waals surface area contributed by atoms with E-state index in [1.54, 1.807) is 29.2 Å². The minimum atomic E-state index is -3.88. The van der Waals surface area contributed by atoms with Gasteiger partial charge in [0.15, 0.2) is 0 Å². The van der Waals surface area contributed by atoms with Crippen molar-refractivity contribution in [3.63, 3.8) is 0 Å². The molecule has 2 amide bonds. The van der Waals surface area contributed by atoms with Crippen LogP contribution in [-0.4, -0.2) is 41.6 Å². The van der Waals surface area contributed by atoms with Gasteiger partial charge in [0.05, 0.1) is 10.9 Å². The molecule has 2 aromatic rings. The zero-order valence-corrected chi connectivity index (χ0v) is 16.2. The van der Waals surface area contributed by atoms with Crippen molar-refractivity contribution in [3.05, 3.63) is 65.7 Å². The van der Waals surface area contributed by atoms with Crippen LogP contribution in [0.15, 0.2) is 59.5 Å². The van der Waals surface area contributed by atoms with Crippen LogP contribution < -0.4 is 0 Å². The molecule has 0 aromatic heterocycles. The summed E-state index contributed by atoms with van der Waals surface area (Å²) < 4.78 is 27.0. The number of nitrogens with zero attached hydrogens (tertiary/aromatic N) is 2. The van der Waals surface area contributed by atoms with Crippen LogP contribution in [0.4, 0.5) is 4.79 Å². The van der Waals surface area contributed by atoms with E-state index < -0.39 is 22.1 Å². The highest BCUT2D eigenvalue weighted by Crippen LogP contribution is 2.27. The third kappa shape index (κ3) is 3.57. The fourth-order valence-electron chi connectivity index (χ4n) is 2.87. The molecule has 5 nitrogen and oxygen atoms in total. The number of amides is 2. The first-order chi connectivity index (χ1) is 11.9. The second-order valence-corrected chi connectivity index (χ2v) is 8.53. The molecule has 0 unspecified atom stereocenters. The van der Waals surface area contributed by atoms with Gasteiger partial charge in [0.2, 0.25) is 0 Å². The van der Waals surface area contributed by atoms with Crippen LogP contribution in [-0.2, 0) is 16.6 Å². The van der Waals surface area contributed by atoms with Gasteiger partial charge in [0.25, 0.3) is 10.0 Å². The van der Waals surface area contributed by atoms with Crippen molar-refractivity contribution in [1.82, 2.24) is 9.21 Å². The topological polar surface area (TPSA) is 57.7 Å². The van der Waals surface area contributed by atoms with Crippen LogP contribution in [0.3, 0.4) is 0 Å². The van der Waals surface area contributed by atoms with Gasteiger partial charge in [-0.1, -0.05) is 64.0 Å². The standard InChI is InChI=1S/C18H19BrN2O3S/c1-14-7-9-17(10-8-14)25(23,24)21-16(11-19)13-20(18(21)22)12-15-5-3-2-4-6-15/h2-10,16H,11-13H2,1H3/t16-/m0/s1. The zero-order valence-electron chi connectivity index (χ0n) is 13.8. The summed E-state index contributed by atoms with van der Waals surface area (Å²) in [6, 6.07) is 15.2. The number of rotatable bonds is 5. The van der Waals surface area contributed by atoms with Gasteiger partial charge in [-0.2, -0.15) is 0 Å². The number of carbonyl (C=O) groups excluding carboxylic acids is 1. The van der Waals surface area contributed by atoms with E-state index in [1.165, 1.54) is 0 Å². The summed E-state index contributed by atoms with van der Waals surface area (Å²) in [7, 11) is -3.88. The lowest BCUT2D eigenvalue weighted by Gasteiger charge is -2.21. The Morgan fingerprint density at radius 2 is 1.72 bits per heavy atom. The predicted molar refractivity (Wildman–Crippen MR) is 100 cm³/mol. The number of carbonyl (C=O) groups is 1. The molecule has 1 aliphatic heterocycles. The maximum absolute atomic E-state index is 13.0. The SMILES string of the molecule is Cc1ccc(S(=O)(=O)N2C(=O)N(Cc3ccccc3)C[C@@H]2CBr)cc1. The molecule has 7 heteroatoms. The summed E-state index contributed by atoms with van der Waals surface area (Å²) in [5.41, 5.74) is 1.94. The molecule has 1 atom stereocenters. The van der Waals surface area contributed by atoms with E-state index in [0.717, 1.165) is 15.4 Å². The molecule has 0 aliphatic carbocycles. The summed E-state index contributed by atoms with van der Waals surface area (Å²) in [5.74, 6) is 0. The van der Waals surface area contributed by atoms with Crippen LogP contribution in [0.2, 0.25) is 0 Å². The summed E-state index contributed by atoms with van der Waals surface area (Å²) in [6.45, 7) is 2.65. The minimum Gasteiger partial charge on any atom is -0.317 e. The van der Waals surface area contributed by atoms with E-state index >= 15 is 0 Å². The molecule has 1 saturated heterocycles. The van der Waals surface area contributed by atoms with Crippen molar-refractivity contribution in [3.8, 4) is 0 Å². The molecule has 0 bridgehead atoms.